The van der Waals surface area contributed by atoms with Crippen molar-refractivity contribution >= 4 is 6.29 Å². The van der Waals surface area contributed by atoms with E-state index >= 15 is 0 Å². The van der Waals surface area contributed by atoms with E-state index in [1.807, 2.05) is 6.92 Å². The van der Waals surface area contributed by atoms with Gasteiger partial charge < -0.3 is 10.5 Å². The average molecular weight is 195 g/mol. The van der Waals surface area contributed by atoms with Gasteiger partial charge in [-0.15, -0.1) is 0 Å². The summed E-state index contributed by atoms with van der Waals surface area (Å²) in [5.74, 6) is 0.0769. The molecule has 2 heteroatoms. The Morgan fingerprint density at radius 2 is 1.86 bits per heavy atom. The molecule has 0 heterocycles. The molecule has 1 unspecified atom stereocenters. The van der Waals surface area contributed by atoms with Gasteiger partial charge >= 0.3 is 0 Å². The third-order valence-corrected chi connectivity index (χ3v) is 2.33. The normalized spacial score (nSPS) is 23.1. The molecule has 1 saturated carbocycles. The molecule has 0 aliphatic heterocycles. The first-order chi connectivity index (χ1) is 6.77. The Morgan fingerprint density at radius 1 is 1.29 bits per heavy atom. The molecule has 0 amide bonds. The predicted octanol–water partition coefficient (Wildman–Crippen LogP) is 2.45. The third-order valence-electron chi connectivity index (χ3n) is 2.33. The van der Waals surface area contributed by atoms with Gasteiger partial charge in [0.2, 0.25) is 0 Å². The quantitative estimate of drug-likeness (QED) is 0.688. The van der Waals surface area contributed by atoms with Gasteiger partial charge in [0.05, 0.1) is 0 Å². The molecular weight excluding hydrogens is 174 g/mol. The van der Waals surface area contributed by atoms with Gasteiger partial charge in [-0.3, -0.25) is 0 Å². The highest BCUT2D eigenvalue weighted by Crippen LogP contribution is 2.30. The van der Waals surface area contributed by atoms with Crippen molar-refractivity contribution in [3.05, 3.63) is 23.3 Å². The van der Waals surface area contributed by atoms with Crippen molar-refractivity contribution < 1.29 is 4.79 Å². The number of carbonyl (C=O) groups is 1. The Balaban J connectivity index is 0.000000791. The zero-order chi connectivity index (χ0) is 11.0. The first-order valence-corrected chi connectivity index (χ1v) is 5.17. The summed E-state index contributed by atoms with van der Waals surface area (Å²) in [6.07, 6.45) is 8.84. The van der Waals surface area contributed by atoms with Crippen LogP contribution in [0.15, 0.2) is 23.3 Å². The molecule has 0 spiro atoms. The van der Waals surface area contributed by atoms with Crippen LogP contribution in [0.25, 0.3) is 0 Å². The lowest BCUT2D eigenvalue weighted by Gasteiger charge is -2.01. The van der Waals surface area contributed by atoms with Crippen molar-refractivity contribution in [1.82, 2.24) is 0 Å². The summed E-state index contributed by atoms with van der Waals surface area (Å²) in [6, 6.07) is 0. The number of nitrogens with two attached hydrogens (primary N) is 1. The predicted molar refractivity (Wildman–Crippen MR) is 61.0 cm³/mol. The highest BCUT2D eigenvalue weighted by atomic mass is 16.1. The van der Waals surface area contributed by atoms with Gasteiger partial charge in [-0.05, 0) is 44.4 Å². The van der Waals surface area contributed by atoms with Crippen LogP contribution >= 0.6 is 0 Å². The standard InChI is InChI=1S/C11H16O.CH5N/c1-3-10-5-4-6-11(10)7-9(2)8-12;1-2/h3,7-9H,4-6H2,1-2H3;2H2,1H3/b10-3-,11-7-;. The number of hydrogen-bond donors (Lipinski definition) is 1. The molecule has 0 aromatic rings. The Bertz CT molecular complexity index is 228. The fourth-order valence-corrected chi connectivity index (χ4v) is 1.67. The third kappa shape index (κ3) is 3.88. The van der Waals surface area contributed by atoms with Gasteiger partial charge in [-0.1, -0.05) is 19.1 Å². The number of aldehydes is 1. The maximum Gasteiger partial charge on any atom is 0.126 e. The van der Waals surface area contributed by atoms with Gasteiger partial charge in [0.15, 0.2) is 0 Å². The molecule has 1 aliphatic carbocycles. The summed E-state index contributed by atoms with van der Waals surface area (Å²) >= 11 is 0. The zero-order valence-corrected chi connectivity index (χ0v) is 9.42. The van der Waals surface area contributed by atoms with E-state index in [0.717, 1.165) is 12.7 Å². The van der Waals surface area contributed by atoms with Crippen molar-refractivity contribution in [2.75, 3.05) is 7.05 Å². The molecule has 14 heavy (non-hydrogen) atoms. The molecule has 80 valence electrons. The first kappa shape index (κ1) is 13.1. The number of hydrogen-bond acceptors (Lipinski definition) is 2. The second kappa shape index (κ2) is 7.51. The number of carbonyl (C=O) groups excluding carboxylic acids is 1. The lowest BCUT2D eigenvalue weighted by Crippen LogP contribution is -1.92. The van der Waals surface area contributed by atoms with Crippen LogP contribution in [0.1, 0.15) is 33.1 Å². The Labute approximate surface area is 86.9 Å². The minimum atomic E-state index is 0.0769. The van der Waals surface area contributed by atoms with Crippen molar-refractivity contribution in [3.63, 3.8) is 0 Å². The topological polar surface area (TPSA) is 43.1 Å². The lowest BCUT2D eigenvalue weighted by molar-refractivity contribution is -0.109. The highest BCUT2D eigenvalue weighted by molar-refractivity contribution is 5.57. The summed E-state index contributed by atoms with van der Waals surface area (Å²) in [5, 5.41) is 0. The molecule has 0 radical (unpaired) electrons. The summed E-state index contributed by atoms with van der Waals surface area (Å²) < 4.78 is 0. The van der Waals surface area contributed by atoms with E-state index in [0.29, 0.717) is 0 Å². The summed E-state index contributed by atoms with van der Waals surface area (Å²) in [5.41, 5.74) is 7.32. The van der Waals surface area contributed by atoms with Crippen LogP contribution in [-0.2, 0) is 4.79 Å². The second-order valence-electron chi connectivity index (χ2n) is 3.35. The van der Waals surface area contributed by atoms with Gasteiger partial charge in [0, 0.05) is 5.92 Å². The summed E-state index contributed by atoms with van der Waals surface area (Å²) in [4.78, 5) is 10.4. The first-order valence-electron chi connectivity index (χ1n) is 5.17. The largest absolute Gasteiger partial charge is 0.333 e. The van der Waals surface area contributed by atoms with E-state index in [4.69, 9.17) is 0 Å². The molecule has 1 aliphatic rings. The molecule has 0 aromatic carbocycles. The lowest BCUT2D eigenvalue weighted by atomic mass is 10.0. The van der Waals surface area contributed by atoms with E-state index in [-0.39, 0.29) is 5.92 Å². The maximum atomic E-state index is 10.4. The van der Waals surface area contributed by atoms with Crippen LogP contribution in [0, 0.1) is 5.92 Å². The van der Waals surface area contributed by atoms with Crippen LogP contribution in [0.5, 0.6) is 0 Å². The average Bonchev–Trinajstić information content (AvgIpc) is 2.68. The van der Waals surface area contributed by atoms with E-state index in [2.05, 4.69) is 24.8 Å². The molecule has 2 nitrogen and oxygen atoms in total. The van der Waals surface area contributed by atoms with E-state index < -0.39 is 0 Å². The highest BCUT2D eigenvalue weighted by Gasteiger charge is 2.12. The number of rotatable bonds is 2. The fourth-order valence-electron chi connectivity index (χ4n) is 1.67. The Hall–Kier alpha value is -0.890. The van der Waals surface area contributed by atoms with Crippen LogP contribution in [0.4, 0.5) is 0 Å². The van der Waals surface area contributed by atoms with Crippen LogP contribution in [0.3, 0.4) is 0 Å². The van der Waals surface area contributed by atoms with Gasteiger partial charge in [-0.25, -0.2) is 0 Å². The molecule has 2 N–H and O–H groups in total. The second-order valence-corrected chi connectivity index (χ2v) is 3.35. The summed E-state index contributed by atoms with van der Waals surface area (Å²) in [6.45, 7) is 4.01. The van der Waals surface area contributed by atoms with E-state index in [1.165, 1.54) is 31.0 Å². The molecule has 1 rings (SSSR count). The van der Waals surface area contributed by atoms with E-state index in [9.17, 15) is 4.79 Å². The van der Waals surface area contributed by atoms with Crippen molar-refractivity contribution in [1.29, 1.82) is 0 Å². The zero-order valence-electron chi connectivity index (χ0n) is 9.42. The van der Waals surface area contributed by atoms with Gasteiger partial charge in [0.25, 0.3) is 0 Å². The minimum absolute atomic E-state index is 0.0769. The van der Waals surface area contributed by atoms with Crippen LogP contribution < -0.4 is 5.73 Å². The molecule has 0 saturated heterocycles. The maximum absolute atomic E-state index is 10.4. The van der Waals surface area contributed by atoms with Crippen molar-refractivity contribution in [2.45, 2.75) is 33.1 Å². The number of allylic oxidation sites excluding steroid dienone is 4. The molecule has 0 aromatic heterocycles. The monoisotopic (exact) mass is 195 g/mol. The van der Waals surface area contributed by atoms with Crippen molar-refractivity contribution in [2.24, 2.45) is 11.7 Å². The Kier molecular flexibility index (Phi) is 7.03. The Morgan fingerprint density at radius 3 is 2.36 bits per heavy atom. The smallest absolute Gasteiger partial charge is 0.126 e. The molecule has 1 fully saturated rings. The van der Waals surface area contributed by atoms with E-state index in [1.54, 1.807) is 0 Å². The fraction of sp³-hybridized carbons (Fsp3) is 0.583. The van der Waals surface area contributed by atoms with Crippen LogP contribution in [0.2, 0.25) is 0 Å². The SMILES string of the molecule is C/C=C1/CCC/C1=C/C(C)C=O.CN. The summed E-state index contributed by atoms with van der Waals surface area (Å²) in [7, 11) is 1.50. The van der Waals surface area contributed by atoms with Gasteiger partial charge in [-0.2, -0.15) is 0 Å². The molecular formula is C12H21NO. The van der Waals surface area contributed by atoms with Crippen LogP contribution in [-0.4, -0.2) is 13.3 Å². The van der Waals surface area contributed by atoms with Crippen molar-refractivity contribution in [3.8, 4) is 0 Å². The minimum Gasteiger partial charge on any atom is -0.333 e. The molecule has 1 atom stereocenters. The molecule has 0 bridgehead atoms. The van der Waals surface area contributed by atoms with Gasteiger partial charge in [0.1, 0.15) is 6.29 Å².